The van der Waals surface area contributed by atoms with Crippen molar-refractivity contribution in [3.05, 3.63) is 40.2 Å². The molecular weight excluding hydrogens is 314 g/mol. The summed E-state index contributed by atoms with van der Waals surface area (Å²) in [6.07, 6.45) is 2.31. The Hall–Kier alpha value is -1.82. The van der Waals surface area contributed by atoms with Gasteiger partial charge in [-0.25, -0.2) is 0 Å². The standard InChI is InChI=1S/C13H12BrNO4/c1-2-17-12-6-9(7-16)5-11(14)13(12)18-8-10-3-4-15-19-10/h3-7H,2,8H2,1H3. The van der Waals surface area contributed by atoms with Crippen molar-refractivity contribution in [3.8, 4) is 11.5 Å². The summed E-state index contributed by atoms with van der Waals surface area (Å²) in [5, 5.41) is 3.60. The number of ether oxygens (including phenoxy) is 2. The summed E-state index contributed by atoms with van der Waals surface area (Å²) in [4.78, 5) is 10.8. The van der Waals surface area contributed by atoms with E-state index in [9.17, 15) is 4.79 Å². The van der Waals surface area contributed by atoms with Gasteiger partial charge in [0, 0.05) is 11.6 Å². The van der Waals surface area contributed by atoms with E-state index in [0.717, 1.165) is 6.29 Å². The number of aldehydes is 1. The lowest BCUT2D eigenvalue weighted by Crippen LogP contribution is -2.01. The Morgan fingerprint density at radius 3 is 2.89 bits per heavy atom. The Morgan fingerprint density at radius 2 is 2.26 bits per heavy atom. The van der Waals surface area contributed by atoms with Crippen LogP contribution in [-0.2, 0) is 6.61 Å². The van der Waals surface area contributed by atoms with Crippen LogP contribution >= 0.6 is 15.9 Å². The molecule has 0 fully saturated rings. The van der Waals surface area contributed by atoms with Gasteiger partial charge < -0.3 is 14.0 Å². The number of carbonyl (C=O) groups is 1. The maximum Gasteiger partial charge on any atom is 0.176 e. The summed E-state index contributed by atoms with van der Waals surface area (Å²) in [7, 11) is 0. The zero-order valence-corrected chi connectivity index (χ0v) is 11.8. The fourth-order valence-electron chi connectivity index (χ4n) is 1.52. The van der Waals surface area contributed by atoms with E-state index in [2.05, 4.69) is 21.1 Å². The summed E-state index contributed by atoms with van der Waals surface area (Å²) < 4.78 is 16.7. The number of nitrogens with zero attached hydrogens (tertiary/aromatic N) is 1. The number of hydrogen-bond acceptors (Lipinski definition) is 5. The smallest absolute Gasteiger partial charge is 0.176 e. The molecule has 100 valence electrons. The van der Waals surface area contributed by atoms with Crippen LogP contribution in [0.2, 0.25) is 0 Å². The SMILES string of the molecule is CCOc1cc(C=O)cc(Br)c1OCc1ccno1. The van der Waals surface area contributed by atoms with Gasteiger partial charge in [-0.2, -0.15) is 0 Å². The second-order valence-corrected chi connectivity index (χ2v) is 4.50. The van der Waals surface area contributed by atoms with Crippen LogP contribution in [0.25, 0.3) is 0 Å². The van der Waals surface area contributed by atoms with Crippen molar-refractivity contribution in [1.82, 2.24) is 5.16 Å². The topological polar surface area (TPSA) is 61.6 Å². The maximum atomic E-state index is 10.8. The van der Waals surface area contributed by atoms with Gasteiger partial charge in [0.15, 0.2) is 17.3 Å². The van der Waals surface area contributed by atoms with E-state index in [0.29, 0.717) is 33.9 Å². The highest BCUT2D eigenvalue weighted by atomic mass is 79.9. The van der Waals surface area contributed by atoms with Crippen molar-refractivity contribution in [2.24, 2.45) is 0 Å². The fraction of sp³-hybridized carbons (Fsp3) is 0.231. The van der Waals surface area contributed by atoms with Crippen LogP contribution in [0.3, 0.4) is 0 Å². The first kappa shape index (κ1) is 13.6. The van der Waals surface area contributed by atoms with E-state index in [1.165, 1.54) is 0 Å². The third-order valence-corrected chi connectivity index (χ3v) is 2.91. The summed E-state index contributed by atoms with van der Waals surface area (Å²) in [5.74, 6) is 1.65. The molecule has 0 aliphatic carbocycles. The van der Waals surface area contributed by atoms with Crippen LogP contribution in [0, 0.1) is 0 Å². The molecule has 0 saturated heterocycles. The van der Waals surface area contributed by atoms with Gasteiger partial charge in [0.2, 0.25) is 0 Å². The molecule has 2 aromatic rings. The highest BCUT2D eigenvalue weighted by Gasteiger charge is 2.13. The molecule has 0 amide bonds. The van der Waals surface area contributed by atoms with Crippen molar-refractivity contribution < 1.29 is 18.8 Å². The van der Waals surface area contributed by atoms with E-state index in [-0.39, 0.29) is 6.61 Å². The van der Waals surface area contributed by atoms with Crippen molar-refractivity contribution in [2.75, 3.05) is 6.61 Å². The molecule has 0 N–H and O–H groups in total. The lowest BCUT2D eigenvalue weighted by atomic mass is 10.2. The Morgan fingerprint density at radius 1 is 1.42 bits per heavy atom. The van der Waals surface area contributed by atoms with Crippen LogP contribution < -0.4 is 9.47 Å². The lowest BCUT2D eigenvalue weighted by molar-refractivity contribution is 0.112. The van der Waals surface area contributed by atoms with Crippen molar-refractivity contribution in [1.29, 1.82) is 0 Å². The van der Waals surface area contributed by atoms with E-state index in [1.807, 2.05) is 6.92 Å². The van der Waals surface area contributed by atoms with Crippen LogP contribution in [0.5, 0.6) is 11.5 Å². The van der Waals surface area contributed by atoms with Crippen LogP contribution in [0.4, 0.5) is 0 Å². The molecule has 2 rings (SSSR count). The highest BCUT2D eigenvalue weighted by molar-refractivity contribution is 9.10. The zero-order valence-electron chi connectivity index (χ0n) is 10.3. The number of rotatable bonds is 6. The van der Waals surface area contributed by atoms with E-state index in [4.69, 9.17) is 14.0 Å². The minimum atomic E-state index is 0.235. The molecule has 1 aromatic heterocycles. The van der Waals surface area contributed by atoms with E-state index >= 15 is 0 Å². The molecule has 19 heavy (non-hydrogen) atoms. The summed E-state index contributed by atoms with van der Waals surface area (Å²) in [5.41, 5.74) is 0.516. The molecule has 1 heterocycles. The molecular formula is C13H12BrNO4. The monoisotopic (exact) mass is 325 g/mol. The number of benzene rings is 1. The van der Waals surface area contributed by atoms with Gasteiger partial charge in [-0.3, -0.25) is 4.79 Å². The minimum Gasteiger partial charge on any atom is -0.490 e. The first-order valence-corrected chi connectivity index (χ1v) is 6.47. The van der Waals surface area contributed by atoms with Crippen molar-refractivity contribution in [3.63, 3.8) is 0 Å². The quantitative estimate of drug-likeness (QED) is 0.763. The third-order valence-electron chi connectivity index (χ3n) is 2.32. The lowest BCUT2D eigenvalue weighted by Gasteiger charge is -2.13. The second-order valence-electron chi connectivity index (χ2n) is 3.65. The van der Waals surface area contributed by atoms with Crippen LogP contribution in [0.15, 0.2) is 33.4 Å². The Balaban J connectivity index is 2.24. The normalized spacial score (nSPS) is 10.2. The van der Waals surface area contributed by atoms with Gasteiger partial charge in [0.25, 0.3) is 0 Å². The van der Waals surface area contributed by atoms with E-state index < -0.39 is 0 Å². The Kier molecular flexibility index (Phi) is 4.57. The van der Waals surface area contributed by atoms with Gasteiger partial charge >= 0.3 is 0 Å². The van der Waals surface area contributed by atoms with Crippen LogP contribution in [-0.4, -0.2) is 18.0 Å². The largest absolute Gasteiger partial charge is 0.490 e. The molecule has 0 radical (unpaired) electrons. The zero-order chi connectivity index (χ0) is 13.7. The number of hydrogen-bond donors (Lipinski definition) is 0. The Bertz CT molecular complexity index is 554. The molecule has 0 aliphatic rings. The number of halogens is 1. The number of aromatic nitrogens is 1. The predicted molar refractivity (Wildman–Crippen MR) is 71.5 cm³/mol. The molecule has 1 aromatic carbocycles. The second kappa shape index (κ2) is 6.38. The van der Waals surface area contributed by atoms with Crippen LogP contribution in [0.1, 0.15) is 23.0 Å². The van der Waals surface area contributed by atoms with Gasteiger partial charge in [0.1, 0.15) is 12.9 Å². The average molecular weight is 326 g/mol. The van der Waals surface area contributed by atoms with Crippen molar-refractivity contribution >= 4 is 22.2 Å². The molecule has 6 heteroatoms. The van der Waals surface area contributed by atoms with Gasteiger partial charge in [0.05, 0.1) is 17.3 Å². The molecule has 0 bridgehead atoms. The van der Waals surface area contributed by atoms with Gasteiger partial charge in [-0.15, -0.1) is 0 Å². The fourth-order valence-corrected chi connectivity index (χ4v) is 2.09. The predicted octanol–water partition coefficient (Wildman–Crippen LogP) is 3.23. The van der Waals surface area contributed by atoms with E-state index in [1.54, 1.807) is 24.4 Å². The third kappa shape index (κ3) is 3.35. The molecule has 0 spiro atoms. The molecule has 5 nitrogen and oxygen atoms in total. The summed E-state index contributed by atoms with van der Waals surface area (Å²) in [6.45, 7) is 2.58. The molecule has 0 unspecified atom stereocenters. The van der Waals surface area contributed by atoms with Gasteiger partial charge in [-0.1, -0.05) is 5.16 Å². The average Bonchev–Trinajstić information content (AvgIpc) is 2.91. The summed E-state index contributed by atoms with van der Waals surface area (Å²) >= 11 is 3.36. The van der Waals surface area contributed by atoms with Crippen molar-refractivity contribution in [2.45, 2.75) is 13.5 Å². The molecule has 0 aliphatic heterocycles. The highest BCUT2D eigenvalue weighted by Crippen LogP contribution is 2.37. The molecule has 0 saturated carbocycles. The first-order valence-electron chi connectivity index (χ1n) is 5.68. The molecule has 0 atom stereocenters. The maximum absolute atomic E-state index is 10.8. The van der Waals surface area contributed by atoms with Gasteiger partial charge in [-0.05, 0) is 35.0 Å². The Labute approximate surface area is 118 Å². The summed E-state index contributed by atoms with van der Waals surface area (Å²) in [6, 6.07) is 5.02. The first-order chi connectivity index (χ1) is 9.24. The minimum absolute atomic E-state index is 0.235. The number of carbonyl (C=O) groups excluding carboxylic acids is 1.